The Morgan fingerprint density at radius 3 is 2.39 bits per heavy atom. The molecule has 0 unspecified atom stereocenters. The molecule has 0 aliphatic rings. The quantitative estimate of drug-likeness (QED) is 0.888. The number of rotatable bonds is 4. The van der Waals surface area contributed by atoms with E-state index in [0.717, 1.165) is 12.2 Å². The number of benzene rings is 2. The Labute approximate surface area is 109 Å². The van der Waals surface area contributed by atoms with Crippen LogP contribution in [0.1, 0.15) is 19.4 Å². The third kappa shape index (κ3) is 2.82. The molecule has 0 amide bonds. The van der Waals surface area contributed by atoms with Crippen molar-refractivity contribution in [3.63, 3.8) is 0 Å². The average Bonchev–Trinajstić information content (AvgIpc) is 2.37. The van der Waals surface area contributed by atoms with Crippen molar-refractivity contribution in [3.05, 3.63) is 42.0 Å². The van der Waals surface area contributed by atoms with Gasteiger partial charge in [-0.15, -0.1) is 0 Å². The second-order valence-corrected chi connectivity index (χ2v) is 5.36. The first-order valence-corrected chi connectivity index (χ1v) is 6.30. The van der Waals surface area contributed by atoms with Crippen LogP contribution in [0.5, 0.6) is 5.75 Å². The molecular weight excluding hydrogens is 222 g/mol. The van der Waals surface area contributed by atoms with Crippen LogP contribution >= 0.6 is 0 Å². The highest BCUT2D eigenvalue weighted by atomic mass is 16.5. The number of likely N-dealkylation sites (N-methyl/N-ethyl adjacent to an activating group) is 1. The van der Waals surface area contributed by atoms with Crippen molar-refractivity contribution in [2.24, 2.45) is 0 Å². The summed E-state index contributed by atoms with van der Waals surface area (Å²) in [5, 5.41) is 5.82. The van der Waals surface area contributed by atoms with Crippen molar-refractivity contribution in [3.8, 4) is 5.75 Å². The van der Waals surface area contributed by atoms with Crippen molar-refractivity contribution in [1.82, 2.24) is 5.32 Å². The number of ether oxygens (including phenoxy) is 1. The summed E-state index contributed by atoms with van der Waals surface area (Å²) in [4.78, 5) is 0. The molecule has 1 N–H and O–H groups in total. The van der Waals surface area contributed by atoms with Gasteiger partial charge in [0, 0.05) is 5.54 Å². The van der Waals surface area contributed by atoms with Crippen LogP contribution < -0.4 is 10.1 Å². The molecule has 0 heterocycles. The Hall–Kier alpha value is -1.54. The summed E-state index contributed by atoms with van der Waals surface area (Å²) < 4.78 is 5.24. The first kappa shape index (κ1) is 12.9. The van der Waals surface area contributed by atoms with Crippen LogP contribution in [0.2, 0.25) is 0 Å². The number of hydrogen-bond acceptors (Lipinski definition) is 2. The molecule has 0 atom stereocenters. The maximum atomic E-state index is 5.24. The molecule has 0 bridgehead atoms. The second kappa shape index (κ2) is 4.99. The average molecular weight is 243 g/mol. The van der Waals surface area contributed by atoms with Crippen molar-refractivity contribution in [1.29, 1.82) is 0 Å². The van der Waals surface area contributed by atoms with Crippen LogP contribution in [0.25, 0.3) is 10.8 Å². The lowest BCUT2D eigenvalue weighted by molar-refractivity contribution is 0.415. The molecule has 0 aromatic heterocycles. The lowest BCUT2D eigenvalue weighted by Crippen LogP contribution is -2.38. The number of nitrogens with one attached hydrogen (secondary N) is 1. The standard InChI is InChI=1S/C16H21NO/c1-16(2,17-3)11-12-5-6-14-10-15(18-4)8-7-13(14)9-12/h5-10,17H,11H2,1-4H3. The molecule has 0 aliphatic heterocycles. The summed E-state index contributed by atoms with van der Waals surface area (Å²) in [5.74, 6) is 0.908. The first-order chi connectivity index (χ1) is 8.54. The fourth-order valence-electron chi connectivity index (χ4n) is 2.11. The predicted octanol–water partition coefficient (Wildman–Crippen LogP) is 3.39. The Bertz CT molecular complexity index is 546. The van der Waals surface area contributed by atoms with E-state index in [9.17, 15) is 0 Å². The molecular formula is C16H21NO. The Morgan fingerprint density at radius 1 is 1.06 bits per heavy atom. The third-order valence-corrected chi connectivity index (χ3v) is 3.43. The molecule has 2 rings (SSSR count). The van der Waals surface area contributed by atoms with Crippen molar-refractivity contribution in [2.75, 3.05) is 14.2 Å². The van der Waals surface area contributed by atoms with Gasteiger partial charge in [-0.25, -0.2) is 0 Å². The van der Waals surface area contributed by atoms with Crippen LogP contribution in [0.3, 0.4) is 0 Å². The Kier molecular flexibility index (Phi) is 3.58. The van der Waals surface area contributed by atoms with E-state index in [1.165, 1.54) is 16.3 Å². The van der Waals surface area contributed by atoms with Gasteiger partial charge in [-0.2, -0.15) is 0 Å². The van der Waals surface area contributed by atoms with Gasteiger partial charge in [-0.1, -0.05) is 24.3 Å². The molecule has 0 radical (unpaired) electrons. The van der Waals surface area contributed by atoms with Crippen molar-refractivity contribution >= 4 is 10.8 Å². The largest absolute Gasteiger partial charge is 0.497 e. The normalized spacial score (nSPS) is 11.8. The molecule has 2 aromatic rings. The Balaban J connectivity index is 2.33. The minimum atomic E-state index is 0.125. The van der Waals surface area contributed by atoms with E-state index < -0.39 is 0 Å². The molecule has 0 aliphatic carbocycles. The summed E-state index contributed by atoms with van der Waals surface area (Å²) in [6.07, 6.45) is 1.02. The SMILES string of the molecule is CNC(C)(C)Cc1ccc2cc(OC)ccc2c1. The van der Waals surface area contributed by atoms with E-state index in [0.29, 0.717) is 0 Å². The topological polar surface area (TPSA) is 21.3 Å². The van der Waals surface area contributed by atoms with Crippen molar-refractivity contribution in [2.45, 2.75) is 25.8 Å². The van der Waals surface area contributed by atoms with Crippen LogP contribution in [-0.4, -0.2) is 19.7 Å². The van der Waals surface area contributed by atoms with Gasteiger partial charge in [0.2, 0.25) is 0 Å². The van der Waals surface area contributed by atoms with Gasteiger partial charge in [-0.05, 0) is 55.8 Å². The fraction of sp³-hybridized carbons (Fsp3) is 0.375. The summed E-state index contributed by atoms with van der Waals surface area (Å²) in [6, 6.07) is 12.8. The fourth-order valence-corrected chi connectivity index (χ4v) is 2.11. The van der Waals surface area contributed by atoms with Gasteiger partial charge < -0.3 is 10.1 Å². The minimum absolute atomic E-state index is 0.125. The van der Waals surface area contributed by atoms with Crippen LogP contribution in [-0.2, 0) is 6.42 Å². The highest BCUT2D eigenvalue weighted by Gasteiger charge is 2.15. The lowest BCUT2D eigenvalue weighted by Gasteiger charge is -2.24. The van der Waals surface area contributed by atoms with E-state index in [-0.39, 0.29) is 5.54 Å². The van der Waals surface area contributed by atoms with Crippen molar-refractivity contribution < 1.29 is 4.74 Å². The maximum Gasteiger partial charge on any atom is 0.119 e. The minimum Gasteiger partial charge on any atom is -0.497 e. The summed E-state index contributed by atoms with van der Waals surface area (Å²) in [5.41, 5.74) is 1.48. The van der Waals surface area contributed by atoms with Gasteiger partial charge in [0.1, 0.15) is 5.75 Å². The smallest absolute Gasteiger partial charge is 0.119 e. The monoisotopic (exact) mass is 243 g/mol. The van der Waals surface area contributed by atoms with Crippen LogP contribution in [0, 0.1) is 0 Å². The third-order valence-electron chi connectivity index (χ3n) is 3.43. The second-order valence-electron chi connectivity index (χ2n) is 5.36. The molecule has 2 heteroatoms. The zero-order valence-corrected chi connectivity index (χ0v) is 11.6. The van der Waals surface area contributed by atoms with Crippen LogP contribution in [0.4, 0.5) is 0 Å². The lowest BCUT2D eigenvalue weighted by atomic mass is 9.94. The molecule has 0 fully saturated rings. The van der Waals surface area contributed by atoms with E-state index in [2.05, 4.69) is 49.5 Å². The zero-order valence-electron chi connectivity index (χ0n) is 11.6. The van der Waals surface area contributed by atoms with Gasteiger partial charge in [0.05, 0.1) is 7.11 Å². The van der Waals surface area contributed by atoms with E-state index in [1.54, 1.807) is 7.11 Å². The van der Waals surface area contributed by atoms with Gasteiger partial charge >= 0.3 is 0 Å². The number of methoxy groups -OCH3 is 1. The van der Waals surface area contributed by atoms with Gasteiger partial charge in [-0.3, -0.25) is 0 Å². The van der Waals surface area contributed by atoms with Gasteiger partial charge in [0.15, 0.2) is 0 Å². The van der Waals surface area contributed by atoms with E-state index >= 15 is 0 Å². The van der Waals surface area contributed by atoms with E-state index in [1.807, 2.05) is 13.1 Å². The summed E-state index contributed by atoms with van der Waals surface area (Å²) in [7, 11) is 3.71. The molecule has 0 saturated heterocycles. The zero-order chi connectivity index (χ0) is 13.2. The molecule has 2 aromatic carbocycles. The molecule has 96 valence electrons. The number of hydrogen-bond donors (Lipinski definition) is 1. The highest BCUT2D eigenvalue weighted by molar-refractivity contribution is 5.84. The maximum absolute atomic E-state index is 5.24. The summed E-state index contributed by atoms with van der Waals surface area (Å²) in [6.45, 7) is 4.43. The summed E-state index contributed by atoms with van der Waals surface area (Å²) >= 11 is 0. The Morgan fingerprint density at radius 2 is 1.72 bits per heavy atom. The molecule has 0 saturated carbocycles. The highest BCUT2D eigenvalue weighted by Crippen LogP contribution is 2.23. The van der Waals surface area contributed by atoms with E-state index in [4.69, 9.17) is 4.74 Å². The molecule has 0 spiro atoms. The number of fused-ring (bicyclic) bond motifs is 1. The predicted molar refractivity (Wildman–Crippen MR) is 77.3 cm³/mol. The molecule has 18 heavy (non-hydrogen) atoms. The van der Waals surface area contributed by atoms with Crippen LogP contribution in [0.15, 0.2) is 36.4 Å². The van der Waals surface area contributed by atoms with Gasteiger partial charge in [0.25, 0.3) is 0 Å². The first-order valence-electron chi connectivity index (χ1n) is 6.30. The molecule has 2 nitrogen and oxygen atoms in total.